The molecule has 0 fully saturated rings. The largest absolute Gasteiger partial charge is 0.492 e. The normalized spacial score (nSPS) is 14.5. The average molecular weight is 404 g/mol. The van der Waals surface area contributed by atoms with Crippen molar-refractivity contribution < 1.29 is 32.4 Å². The summed E-state index contributed by atoms with van der Waals surface area (Å²) in [6, 6.07) is 7.05. The predicted molar refractivity (Wildman–Crippen MR) is 86.7 cm³/mol. The van der Waals surface area contributed by atoms with Crippen LogP contribution in [0.5, 0.6) is 11.5 Å². The fourth-order valence-electron chi connectivity index (χ4n) is 2.21. The second-order valence-corrected chi connectivity index (χ2v) is 5.67. The van der Waals surface area contributed by atoms with Crippen molar-refractivity contribution in [3.63, 3.8) is 0 Å². The number of nitrogens with zero attached hydrogens (tertiary/aromatic N) is 1. The number of rotatable bonds is 3. The molecule has 0 saturated carbocycles. The van der Waals surface area contributed by atoms with Crippen LogP contribution in [0, 0.1) is 10.1 Å². The summed E-state index contributed by atoms with van der Waals surface area (Å²) in [5, 5.41) is 14.1. The van der Waals surface area contributed by atoms with Crippen LogP contribution in [0.1, 0.15) is 0 Å². The van der Waals surface area contributed by atoms with Gasteiger partial charge in [-0.2, -0.15) is 13.2 Å². The van der Waals surface area contributed by atoms with Gasteiger partial charge in [0.1, 0.15) is 0 Å². The topological polar surface area (TPSA) is 103 Å². The second-order valence-electron chi connectivity index (χ2n) is 5.27. The van der Waals surface area contributed by atoms with Gasteiger partial charge in [-0.3, -0.25) is 15.4 Å². The molecule has 0 unspecified atom stereocenters. The van der Waals surface area contributed by atoms with E-state index in [2.05, 4.69) is 5.32 Å². The van der Waals surface area contributed by atoms with E-state index in [-0.39, 0.29) is 27.9 Å². The number of nitrogens with one attached hydrogen (secondary N) is 2. The Morgan fingerprint density at radius 3 is 2.22 bits per heavy atom. The van der Waals surface area contributed by atoms with E-state index in [0.29, 0.717) is 0 Å². The highest BCUT2D eigenvalue weighted by Crippen LogP contribution is 2.44. The van der Waals surface area contributed by atoms with Gasteiger partial charge in [0.2, 0.25) is 0 Å². The number of benzene rings is 2. The Labute approximate surface area is 154 Å². The Hall–Kier alpha value is -3.21. The van der Waals surface area contributed by atoms with Crippen LogP contribution < -0.4 is 20.1 Å². The molecule has 12 heteroatoms. The summed E-state index contributed by atoms with van der Waals surface area (Å²) < 4.78 is 50.1. The number of hydrogen-bond acceptors (Lipinski definition) is 5. The lowest BCUT2D eigenvalue weighted by atomic mass is 10.3. The number of fused-ring (bicyclic) bond motifs is 1. The number of carbonyl (C=O) groups excluding carboxylic acids is 1. The molecule has 0 bridgehead atoms. The number of non-ortho nitro benzene ring substituents is 1. The zero-order valence-corrected chi connectivity index (χ0v) is 13.8. The zero-order valence-electron chi connectivity index (χ0n) is 13.0. The van der Waals surface area contributed by atoms with Crippen molar-refractivity contribution in [1.29, 1.82) is 0 Å². The van der Waals surface area contributed by atoms with Crippen molar-refractivity contribution >= 4 is 29.0 Å². The fraction of sp³-hybridized carbons (Fsp3) is 0.133. The van der Waals surface area contributed by atoms with Gasteiger partial charge in [0.15, 0.2) is 11.5 Å². The number of alkyl halides is 3. The summed E-state index contributed by atoms with van der Waals surface area (Å²) in [6.45, 7) is 0. The lowest BCUT2D eigenvalue weighted by Gasteiger charge is -2.29. The minimum atomic E-state index is -5.12. The minimum Gasteiger partial charge on any atom is -0.424 e. The summed E-state index contributed by atoms with van der Waals surface area (Å²) in [4.78, 5) is 22.0. The molecule has 0 atom stereocenters. The molecular formula is C15H9ClF3N3O5. The number of anilines is 1. The molecule has 8 nitrogen and oxygen atoms in total. The molecule has 0 spiro atoms. The molecule has 2 amide bonds. The van der Waals surface area contributed by atoms with Gasteiger partial charge in [-0.1, -0.05) is 23.7 Å². The number of nitro groups is 1. The van der Waals surface area contributed by atoms with Crippen LogP contribution in [0.3, 0.4) is 0 Å². The molecule has 1 aliphatic heterocycles. The van der Waals surface area contributed by atoms with Crippen molar-refractivity contribution in [3.8, 4) is 11.5 Å². The van der Waals surface area contributed by atoms with E-state index in [9.17, 15) is 28.1 Å². The van der Waals surface area contributed by atoms with Crippen molar-refractivity contribution in [2.75, 3.05) is 5.32 Å². The number of ether oxygens (including phenoxy) is 2. The van der Waals surface area contributed by atoms with Gasteiger partial charge in [-0.05, 0) is 18.2 Å². The van der Waals surface area contributed by atoms with E-state index >= 15 is 0 Å². The first-order valence-corrected chi connectivity index (χ1v) is 7.56. The van der Waals surface area contributed by atoms with Gasteiger partial charge >= 0.3 is 18.1 Å². The Morgan fingerprint density at radius 1 is 1.15 bits per heavy atom. The number of nitro benzene ring substituents is 1. The minimum absolute atomic E-state index is 0.146. The van der Waals surface area contributed by atoms with Crippen LogP contribution in [0.2, 0.25) is 5.02 Å². The first kappa shape index (κ1) is 18.6. The van der Waals surface area contributed by atoms with E-state index in [1.807, 2.05) is 0 Å². The zero-order chi connectivity index (χ0) is 19.8. The molecule has 0 saturated heterocycles. The molecule has 142 valence electrons. The molecular weight excluding hydrogens is 395 g/mol. The fourth-order valence-corrected chi connectivity index (χ4v) is 2.43. The highest BCUT2D eigenvalue weighted by molar-refractivity contribution is 6.33. The van der Waals surface area contributed by atoms with Crippen LogP contribution >= 0.6 is 11.6 Å². The van der Waals surface area contributed by atoms with Crippen molar-refractivity contribution in [2.45, 2.75) is 12.1 Å². The number of carbonyl (C=O) groups is 1. The molecule has 2 aromatic rings. The van der Waals surface area contributed by atoms with E-state index in [1.54, 1.807) is 5.32 Å². The third-order valence-electron chi connectivity index (χ3n) is 3.42. The Balaban J connectivity index is 1.80. The van der Waals surface area contributed by atoms with Crippen LogP contribution in [0.25, 0.3) is 0 Å². The molecule has 0 aromatic heterocycles. The monoisotopic (exact) mass is 403 g/mol. The summed E-state index contributed by atoms with van der Waals surface area (Å²) in [7, 11) is 0. The van der Waals surface area contributed by atoms with E-state index in [0.717, 1.165) is 18.2 Å². The summed E-state index contributed by atoms with van der Waals surface area (Å²) in [6.07, 6.45) is -5.12. The van der Waals surface area contributed by atoms with Crippen LogP contribution in [0.4, 0.5) is 29.3 Å². The van der Waals surface area contributed by atoms with Gasteiger partial charge in [-0.25, -0.2) is 4.79 Å². The molecule has 2 aromatic carbocycles. The van der Waals surface area contributed by atoms with Crippen LogP contribution in [-0.4, -0.2) is 23.0 Å². The van der Waals surface area contributed by atoms with Crippen molar-refractivity contribution in [1.82, 2.24) is 5.32 Å². The van der Waals surface area contributed by atoms with Gasteiger partial charge in [0.05, 0.1) is 15.6 Å². The lowest BCUT2D eigenvalue weighted by Crippen LogP contribution is -2.65. The average Bonchev–Trinajstić information content (AvgIpc) is 2.95. The first-order chi connectivity index (χ1) is 12.6. The number of para-hydroxylation sites is 2. The van der Waals surface area contributed by atoms with Crippen molar-refractivity contribution in [2.24, 2.45) is 0 Å². The Bertz CT molecular complexity index is 897. The first-order valence-electron chi connectivity index (χ1n) is 7.18. The number of hydrogen-bond donors (Lipinski definition) is 2. The maximum absolute atomic E-state index is 13.5. The van der Waals surface area contributed by atoms with E-state index in [1.165, 1.54) is 24.3 Å². The Kier molecular flexibility index (Phi) is 4.47. The molecule has 1 aliphatic rings. The smallest absolute Gasteiger partial charge is 0.424 e. The quantitative estimate of drug-likeness (QED) is 0.594. The van der Waals surface area contributed by atoms with Gasteiger partial charge in [-0.15, -0.1) is 0 Å². The number of amides is 2. The Morgan fingerprint density at radius 2 is 1.74 bits per heavy atom. The van der Waals surface area contributed by atoms with E-state index < -0.39 is 23.0 Å². The predicted octanol–water partition coefficient (Wildman–Crippen LogP) is 4.06. The summed E-state index contributed by atoms with van der Waals surface area (Å²) >= 11 is 5.80. The van der Waals surface area contributed by atoms with Crippen LogP contribution in [-0.2, 0) is 0 Å². The number of urea groups is 1. The number of halogens is 4. The third-order valence-corrected chi connectivity index (χ3v) is 3.73. The molecule has 2 N–H and O–H groups in total. The highest BCUT2D eigenvalue weighted by atomic mass is 35.5. The molecule has 27 heavy (non-hydrogen) atoms. The van der Waals surface area contributed by atoms with Gasteiger partial charge in [0, 0.05) is 12.1 Å². The third kappa shape index (κ3) is 3.53. The van der Waals surface area contributed by atoms with Crippen LogP contribution in [0.15, 0.2) is 42.5 Å². The SMILES string of the molecule is O=C(Nc1ccc([N+](=O)[O-])cc1Cl)NC1(C(F)(F)F)Oc2ccccc2O1. The standard InChI is InChI=1S/C15H9ClF3N3O5/c16-9-7-8(22(24)25)5-6-10(9)20-13(23)21-15(14(17,18)19)26-11-3-1-2-4-12(11)27-15/h1-7H,(H2,20,21,23). The maximum Gasteiger partial charge on any atom is 0.492 e. The summed E-state index contributed by atoms with van der Waals surface area (Å²) in [5.41, 5.74) is -0.497. The maximum atomic E-state index is 13.5. The molecule has 1 heterocycles. The van der Waals surface area contributed by atoms with Gasteiger partial charge in [0.25, 0.3) is 5.69 Å². The molecule has 3 rings (SSSR count). The van der Waals surface area contributed by atoms with Gasteiger partial charge < -0.3 is 14.8 Å². The van der Waals surface area contributed by atoms with E-state index in [4.69, 9.17) is 21.1 Å². The molecule has 0 radical (unpaired) electrons. The highest BCUT2D eigenvalue weighted by Gasteiger charge is 2.65. The second kappa shape index (κ2) is 6.50. The lowest BCUT2D eigenvalue weighted by molar-refractivity contribution is -0.384. The summed E-state index contributed by atoms with van der Waals surface area (Å²) in [5.74, 6) is -3.85. The van der Waals surface area contributed by atoms with Crippen molar-refractivity contribution in [3.05, 3.63) is 57.6 Å². The molecule has 0 aliphatic carbocycles.